The van der Waals surface area contributed by atoms with Crippen LogP contribution in [0.3, 0.4) is 0 Å². The molecule has 1 aliphatic heterocycles. The van der Waals surface area contributed by atoms with Crippen molar-refractivity contribution in [3.05, 3.63) is 39.6 Å². The van der Waals surface area contributed by atoms with E-state index in [4.69, 9.17) is 4.74 Å². The number of rotatable bonds is 8. The van der Waals surface area contributed by atoms with Gasteiger partial charge in [0.05, 0.1) is 25.3 Å². The lowest BCUT2D eigenvalue weighted by Crippen LogP contribution is -2.56. The molecule has 0 aromatic carbocycles. The number of sulfonamides is 1. The van der Waals surface area contributed by atoms with Gasteiger partial charge in [-0.05, 0) is 19.8 Å². The van der Waals surface area contributed by atoms with Gasteiger partial charge in [-0.2, -0.15) is 4.31 Å². The van der Waals surface area contributed by atoms with Crippen molar-refractivity contribution in [2.45, 2.75) is 40.2 Å². The number of pyridine rings is 1. The molecule has 7 nitrogen and oxygen atoms in total. The zero-order valence-electron chi connectivity index (χ0n) is 16.5. The monoisotopic (exact) mass is 423 g/mol. The Labute approximate surface area is 169 Å². The molecule has 0 unspecified atom stereocenters. The summed E-state index contributed by atoms with van der Waals surface area (Å²) in [6, 6.07) is 3.39. The normalized spacial score (nSPS) is 15.6. The molecule has 3 rings (SSSR count). The van der Waals surface area contributed by atoms with Gasteiger partial charge in [0, 0.05) is 28.9 Å². The molecule has 0 amide bonds. The number of ketones is 1. The van der Waals surface area contributed by atoms with E-state index in [0.29, 0.717) is 30.2 Å². The van der Waals surface area contributed by atoms with Gasteiger partial charge in [0.25, 0.3) is 0 Å². The van der Waals surface area contributed by atoms with E-state index in [1.807, 2.05) is 26.2 Å². The molecular formula is C19H25N3O4S2. The van der Waals surface area contributed by atoms with Gasteiger partial charge in [-0.25, -0.2) is 18.4 Å². The van der Waals surface area contributed by atoms with E-state index < -0.39 is 10.0 Å². The zero-order chi connectivity index (χ0) is 20.5. The average Bonchev–Trinajstić information content (AvgIpc) is 2.93. The largest absolute Gasteiger partial charge is 0.488 e. The maximum Gasteiger partial charge on any atom is 0.214 e. The molecule has 152 valence electrons. The summed E-state index contributed by atoms with van der Waals surface area (Å²) in [5.74, 6) is 0.654. The second-order valence-corrected chi connectivity index (χ2v) is 10.5. The van der Waals surface area contributed by atoms with Crippen molar-refractivity contribution in [3.8, 4) is 5.75 Å². The van der Waals surface area contributed by atoms with Gasteiger partial charge in [-0.15, -0.1) is 11.3 Å². The third-order valence-corrected chi connectivity index (χ3v) is 7.39. The van der Waals surface area contributed by atoms with Crippen LogP contribution in [0.15, 0.2) is 17.5 Å². The summed E-state index contributed by atoms with van der Waals surface area (Å²) in [4.78, 5) is 21.2. The van der Waals surface area contributed by atoms with Crippen LogP contribution in [0.2, 0.25) is 0 Å². The summed E-state index contributed by atoms with van der Waals surface area (Å²) in [6.07, 6.45) is -0.00714. The van der Waals surface area contributed by atoms with E-state index in [0.717, 1.165) is 10.7 Å². The van der Waals surface area contributed by atoms with E-state index in [-0.39, 0.29) is 30.0 Å². The van der Waals surface area contributed by atoms with Crippen molar-refractivity contribution in [1.29, 1.82) is 0 Å². The lowest BCUT2D eigenvalue weighted by atomic mass is 10.1. The molecular weight excluding hydrogens is 398 g/mol. The highest BCUT2D eigenvalue weighted by Gasteiger charge is 2.37. The number of ether oxygens (including phenoxy) is 1. The molecule has 2 aromatic rings. The third kappa shape index (κ3) is 5.15. The summed E-state index contributed by atoms with van der Waals surface area (Å²) in [5, 5.41) is 2.68. The first kappa shape index (κ1) is 20.9. The van der Waals surface area contributed by atoms with Crippen LogP contribution in [0.4, 0.5) is 0 Å². The number of aryl methyl sites for hydroxylation is 2. The Hall–Kier alpha value is -1.84. The summed E-state index contributed by atoms with van der Waals surface area (Å²) in [5.41, 5.74) is 1.92. The van der Waals surface area contributed by atoms with E-state index in [2.05, 4.69) is 9.97 Å². The van der Waals surface area contributed by atoms with Gasteiger partial charge in [-0.1, -0.05) is 13.8 Å². The van der Waals surface area contributed by atoms with Crippen LogP contribution in [0.5, 0.6) is 5.75 Å². The summed E-state index contributed by atoms with van der Waals surface area (Å²) < 4.78 is 31.8. The Morgan fingerprint density at radius 1 is 1.25 bits per heavy atom. The smallest absolute Gasteiger partial charge is 0.214 e. The van der Waals surface area contributed by atoms with Gasteiger partial charge < -0.3 is 4.74 Å². The molecule has 0 saturated carbocycles. The van der Waals surface area contributed by atoms with Crippen molar-refractivity contribution >= 4 is 27.1 Å². The first-order valence-corrected chi connectivity index (χ1v) is 11.7. The molecule has 1 saturated heterocycles. The number of thiazole rings is 1. The van der Waals surface area contributed by atoms with E-state index in [1.165, 1.54) is 15.6 Å². The van der Waals surface area contributed by atoms with Crippen LogP contribution in [0.1, 0.15) is 40.7 Å². The van der Waals surface area contributed by atoms with E-state index in [9.17, 15) is 13.2 Å². The van der Waals surface area contributed by atoms with Gasteiger partial charge in [0.2, 0.25) is 10.0 Å². The molecule has 0 bridgehead atoms. The number of nitrogens with zero attached hydrogens (tertiary/aromatic N) is 3. The van der Waals surface area contributed by atoms with Crippen LogP contribution in [0, 0.1) is 19.8 Å². The van der Waals surface area contributed by atoms with Gasteiger partial charge in [0.15, 0.2) is 5.78 Å². The molecule has 28 heavy (non-hydrogen) atoms. The Morgan fingerprint density at radius 3 is 2.57 bits per heavy atom. The minimum absolute atomic E-state index is 0.0861. The summed E-state index contributed by atoms with van der Waals surface area (Å²) in [6.45, 7) is 8.13. The zero-order valence-corrected chi connectivity index (χ0v) is 18.1. The maximum atomic E-state index is 12.5. The predicted octanol–water partition coefficient (Wildman–Crippen LogP) is 2.63. The predicted molar refractivity (Wildman–Crippen MR) is 108 cm³/mol. The number of carbonyl (C=O) groups excluding carboxylic acids is 1. The molecule has 0 spiro atoms. The highest BCUT2D eigenvalue weighted by molar-refractivity contribution is 7.89. The quantitative estimate of drug-likeness (QED) is 0.607. The second-order valence-electron chi connectivity index (χ2n) is 7.54. The lowest BCUT2D eigenvalue weighted by molar-refractivity contribution is 0.0756. The summed E-state index contributed by atoms with van der Waals surface area (Å²) >= 11 is 1.46. The number of Topliss-reactive ketones (excluding diaryl/α,β-unsaturated/α-hetero) is 1. The molecule has 1 fully saturated rings. The second kappa shape index (κ2) is 8.26. The molecule has 2 aromatic heterocycles. The SMILES string of the molecule is Cc1cc(OC2CN(S(=O)(=O)CC(C)C)C2)cc(C(=O)Cc2nc(C)cs2)n1. The van der Waals surface area contributed by atoms with Crippen molar-refractivity contribution in [2.75, 3.05) is 18.8 Å². The number of carbonyl (C=O) groups is 1. The highest BCUT2D eigenvalue weighted by atomic mass is 32.2. The standard InChI is InChI=1S/C19H25N3O4S2/c1-12(2)11-28(24,25)22-8-16(9-22)26-15-5-13(3)20-17(6-15)18(23)7-19-21-14(4)10-27-19/h5-6,10,12,16H,7-9,11H2,1-4H3. The molecule has 9 heteroatoms. The van der Waals surface area contributed by atoms with E-state index >= 15 is 0 Å². The molecule has 0 aliphatic carbocycles. The van der Waals surface area contributed by atoms with Crippen molar-refractivity contribution in [1.82, 2.24) is 14.3 Å². The molecule has 0 N–H and O–H groups in total. The minimum atomic E-state index is -3.23. The van der Waals surface area contributed by atoms with Crippen LogP contribution in [-0.2, 0) is 16.4 Å². The fourth-order valence-electron chi connectivity index (χ4n) is 2.98. The fraction of sp³-hybridized carbons (Fsp3) is 0.526. The van der Waals surface area contributed by atoms with Crippen molar-refractivity contribution < 1.29 is 17.9 Å². The van der Waals surface area contributed by atoms with E-state index in [1.54, 1.807) is 19.1 Å². The molecule has 3 heterocycles. The first-order valence-electron chi connectivity index (χ1n) is 9.20. The molecule has 0 radical (unpaired) electrons. The van der Waals surface area contributed by atoms with Gasteiger partial charge in [-0.3, -0.25) is 4.79 Å². The minimum Gasteiger partial charge on any atom is -0.488 e. The lowest BCUT2D eigenvalue weighted by Gasteiger charge is -2.38. The topological polar surface area (TPSA) is 89.5 Å². The maximum absolute atomic E-state index is 12.5. The Bertz CT molecular complexity index is 963. The van der Waals surface area contributed by atoms with Crippen molar-refractivity contribution in [2.24, 2.45) is 5.92 Å². The molecule has 1 aliphatic rings. The number of aromatic nitrogens is 2. The third-order valence-electron chi connectivity index (χ3n) is 4.25. The Morgan fingerprint density at radius 2 is 1.96 bits per heavy atom. The van der Waals surface area contributed by atoms with Gasteiger partial charge >= 0.3 is 0 Å². The van der Waals surface area contributed by atoms with Crippen LogP contribution in [0.25, 0.3) is 0 Å². The number of hydrogen-bond donors (Lipinski definition) is 0. The fourth-order valence-corrected chi connectivity index (χ4v) is 5.59. The van der Waals surface area contributed by atoms with Crippen LogP contribution >= 0.6 is 11.3 Å². The Kier molecular flexibility index (Phi) is 6.16. The van der Waals surface area contributed by atoms with Crippen LogP contribution in [-0.4, -0.2) is 53.4 Å². The average molecular weight is 424 g/mol. The highest BCUT2D eigenvalue weighted by Crippen LogP contribution is 2.23. The van der Waals surface area contributed by atoms with Crippen LogP contribution < -0.4 is 4.74 Å². The number of hydrogen-bond acceptors (Lipinski definition) is 7. The Balaban J connectivity index is 1.62. The summed E-state index contributed by atoms with van der Waals surface area (Å²) in [7, 11) is -3.23. The van der Waals surface area contributed by atoms with Crippen molar-refractivity contribution in [3.63, 3.8) is 0 Å². The first-order chi connectivity index (χ1) is 13.1. The molecule has 0 atom stereocenters. The van der Waals surface area contributed by atoms with Gasteiger partial charge in [0.1, 0.15) is 22.6 Å².